The first kappa shape index (κ1) is 14.6. The molecule has 0 bridgehead atoms. The predicted octanol–water partition coefficient (Wildman–Crippen LogP) is 4.65. The number of hydrogen-bond acceptors (Lipinski definition) is 2. The molecule has 21 heavy (non-hydrogen) atoms. The van der Waals surface area contributed by atoms with Crippen LogP contribution in [0.4, 0.5) is 0 Å². The second-order valence-corrected chi connectivity index (χ2v) is 7.04. The predicted molar refractivity (Wildman–Crippen MR) is 83.8 cm³/mol. The molecule has 2 heteroatoms. The Morgan fingerprint density at radius 1 is 1.24 bits per heavy atom. The minimum absolute atomic E-state index is 0.0777. The van der Waals surface area contributed by atoms with E-state index in [1.807, 2.05) is 30.3 Å². The van der Waals surface area contributed by atoms with E-state index in [1.54, 1.807) is 0 Å². The van der Waals surface area contributed by atoms with Gasteiger partial charge in [0.1, 0.15) is 6.10 Å². The molecule has 2 saturated carbocycles. The molecule has 1 radical (unpaired) electrons. The maximum atomic E-state index is 12.3. The SMILES string of the molecule is CC1C(OC(=O)c2ccccc2)CCC2(C)C[CH]CCC12. The molecule has 4 unspecified atom stereocenters. The van der Waals surface area contributed by atoms with Crippen LogP contribution in [0.3, 0.4) is 0 Å². The first-order chi connectivity index (χ1) is 10.1. The lowest BCUT2D eigenvalue weighted by Gasteiger charge is -2.50. The van der Waals surface area contributed by atoms with Crippen molar-refractivity contribution in [1.29, 1.82) is 0 Å². The zero-order valence-electron chi connectivity index (χ0n) is 13.0. The summed E-state index contributed by atoms with van der Waals surface area (Å²) in [4.78, 5) is 12.3. The Hall–Kier alpha value is -1.31. The largest absolute Gasteiger partial charge is 0.458 e. The summed E-state index contributed by atoms with van der Waals surface area (Å²) in [5.41, 5.74) is 1.09. The van der Waals surface area contributed by atoms with Gasteiger partial charge in [0.15, 0.2) is 0 Å². The quantitative estimate of drug-likeness (QED) is 0.739. The van der Waals surface area contributed by atoms with E-state index >= 15 is 0 Å². The summed E-state index contributed by atoms with van der Waals surface area (Å²) in [7, 11) is 0. The van der Waals surface area contributed by atoms with Crippen molar-refractivity contribution in [3.63, 3.8) is 0 Å². The summed E-state index contributed by atoms with van der Waals surface area (Å²) in [6, 6.07) is 9.35. The molecule has 113 valence electrons. The molecule has 0 spiro atoms. The van der Waals surface area contributed by atoms with Crippen LogP contribution in [0, 0.1) is 23.7 Å². The molecule has 0 N–H and O–H groups in total. The van der Waals surface area contributed by atoms with Gasteiger partial charge in [0.05, 0.1) is 5.56 Å². The fourth-order valence-corrected chi connectivity index (χ4v) is 4.35. The van der Waals surface area contributed by atoms with E-state index in [4.69, 9.17) is 4.74 Å². The molecule has 0 heterocycles. The second kappa shape index (κ2) is 5.82. The summed E-state index contributed by atoms with van der Waals surface area (Å²) >= 11 is 0. The van der Waals surface area contributed by atoms with Crippen LogP contribution < -0.4 is 0 Å². The third-order valence-corrected chi connectivity index (χ3v) is 5.68. The summed E-state index contributed by atoms with van der Waals surface area (Å²) in [5, 5.41) is 0. The van der Waals surface area contributed by atoms with Gasteiger partial charge in [0, 0.05) is 0 Å². The maximum Gasteiger partial charge on any atom is 0.338 e. The number of fused-ring (bicyclic) bond motifs is 1. The molecule has 2 aliphatic rings. The molecular weight excluding hydrogens is 260 g/mol. The molecule has 2 nitrogen and oxygen atoms in total. The van der Waals surface area contributed by atoms with Crippen LogP contribution in [0.2, 0.25) is 0 Å². The Morgan fingerprint density at radius 2 is 2.00 bits per heavy atom. The van der Waals surface area contributed by atoms with Gasteiger partial charge in [-0.05, 0) is 67.9 Å². The second-order valence-electron chi connectivity index (χ2n) is 7.04. The van der Waals surface area contributed by atoms with Crippen LogP contribution in [0.1, 0.15) is 56.3 Å². The van der Waals surface area contributed by atoms with Crippen LogP contribution in [0.15, 0.2) is 30.3 Å². The molecule has 0 saturated heterocycles. The van der Waals surface area contributed by atoms with Crippen molar-refractivity contribution in [2.75, 3.05) is 0 Å². The first-order valence-corrected chi connectivity index (χ1v) is 8.18. The molecule has 0 aromatic heterocycles. The van der Waals surface area contributed by atoms with Crippen LogP contribution in [0.5, 0.6) is 0 Å². The molecule has 2 aliphatic carbocycles. The minimum Gasteiger partial charge on any atom is -0.458 e. The Bertz CT molecular complexity index is 496. The average molecular weight is 285 g/mol. The summed E-state index contributed by atoms with van der Waals surface area (Å²) in [5.74, 6) is 0.980. The van der Waals surface area contributed by atoms with Gasteiger partial charge in [-0.15, -0.1) is 0 Å². The smallest absolute Gasteiger partial charge is 0.338 e. The van der Waals surface area contributed by atoms with Gasteiger partial charge in [-0.1, -0.05) is 32.0 Å². The highest BCUT2D eigenvalue weighted by molar-refractivity contribution is 5.89. The lowest BCUT2D eigenvalue weighted by atomic mass is 9.56. The Balaban J connectivity index is 1.68. The maximum absolute atomic E-state index is 12.3. The molecule has 0 aliphatic heterocycles. The highest BCUT2D eigenvalue weighted by Crippen LogP contribution is 2.52. The monoisotopic (exact) mass is 285 g/mol. The Labute approximate surface area is 127 Å². The van der Waals surface area contributed by atoms with Crippen molar-refractivity contribution in [2.45, 2.75) is 52.1 Å². The number of rotatable bonds is 2. The van der Waals surface area contributed by atoms with Gasteiger partial charge in [-0.3, -0.25) is 0 Å². The van der Waals surface area contributed by atoms with Gasteiger partial charge < -0.3 is 4.74 Å². The number of carbonyl (C=O) groups excluding carboxylic acids is 1. The molecule has 3 rings (SSSR count). The van der Waals surface area contributed by atoms with Crippen molar-refractivity contribution in [1.82, 2.24) is 0 Å². The average Bonchev–Trinajstić information content (AvgIpc) is 2.51. The van der Waals surface area contributed by atoms with Gasteiger partial charge in [-0.25, -0.2) is 4.79 Å². The molecular formula is C19H25O2. The highest BCUT2D eigenvalue weighted by atomic mass is 16.5. The fourth-order valence-electron chi connectivity index (χ4n) is 4.35. The minimum atomic E-state index is -0.168. The summed E-state index contributed by atoms with van der Waals surface area (Å²) in [6.45, 7) is 4.69. The highest BCUT2D eigenvalue weighted by Gasteiger charge is 2.46. The molecule has 1 aromatic carbocycles. The van der Waals surface area contributed by atoms with Gasteiger partial charge >= 0.3 is 5.97 Å². The third-order valence-electron chi connectivity index (χ3n) is 5.68. The molecule has 0 amide bonds. The van der Waals surface area contributed by atoms with Gasteiger partial charge in [0.2, 0.25) is 0 Å². The van der Waals surface area contributed by atoms with Crippen LogP contribution in [-0.4, -0.2) is 12.1 Å². The van der Waals surface area contributed by atoms with Crippen LogP contribution in [0.25, 0.3) is 0 Å². The first-order valence-electron chi connectivity index (χ1n) is 8.18. The van der Waals surface area contributed by atoms with E-state index < -0.39 is 0 Å². The van der Waals surface area contributed by atoms with Crippen LogP contribution in [-0.2, 0) is 4.74 Å². The van der Waals surface area contributed by atoms with E-state index in [-0.39, 0.29) is 12.1 Å². The van der Waals surface area contributed by atoms with E-state index in [9.17, 15) is 4.79 Å². The molecule has 4 atom stereocenters. The molecule has 2 fully saturated rings. The van der Waals surface area contributed by atoms with Crippen molar-refractivity contribution < 1.29 is 9.53 Å². The van der Waals surface area contributed by atoms with Gasteiger partial charge in [-0.2, -0.15) is 0 Å². The number of hydrogen-bond donors (Lipinski definition) is 0. The fraction of sp³-hybridized carbons (Fsp3) is 0.579. The number of ether oxygens (including phenoxy) is 1. The zero-order chi connectivity index (χ0) is 14.9. The van der Waals surface area contributed by atoms with E-state index in [0.717, 1.165) is 6.42 Å². The van der Waals surface area contributed by atoms with Gasteiger partial charge in [0.25, 0.3) is 0 Å². The lowest BCUT2D eigenvalue weighted by molar-refractivity contribution is -0.0606. The van der Waals surface area contributed by atoms with E-state index in [2.05, 4.69) is 20.3 Å². The van der Waals surface area contributed by atoms with Crippen molar-refractivity contribution in [2.24, 2.45) is 17.3 Å². The lowest BCUT2D eigenvalue weighted by Crippen LogP contribution is -2.46. The number of benzene rings is 1. The number of carbonyl (C=O) groups is 1. The van der Waals surface area contributed by atoms with Crippen molar-refractivity contribution in [3.8, 4) is 0 Å². The van der Waals surface area contributed by atoms with E-state index in [0.29, 0.717) is 22.8 Å². The number of esters is 1. The molecule has 1 aromatic rings. The van der Waals surface area contributed by atoms with Crippen molar-refractivity contribution >= 4 is 5.97 Å². The third kappa shape index (κ3) is 2.86. The van der Waals surface area contributed by atoms with Crippen LogP contribution >= 0.6 is 0 Å². The normalized spacial score (nSPS) is 35.8. The van der Waals surface area contributed by atoms with E-state index in [1.165, 1.54) is 25.7 Å². The Morgan fingerprint density at radius 3 is 2.76 bits per heavy atom. The van der Waals surface area contributed by atoms with Crippen molar-refractivity contribution in [3.05, 3.63) is 42.3 Å². The zero-order valence-corrected chi connectivity index (χ0v) is 13.0. The topological polar surface area (TPSA) is 26.3 Å². The standard InChI is InChI=1S/C19H25O2/c1-14-16-10-6-7-12-19(16,2)13-11-17(14)21-18(20)15-8-4-3-5-9-15/h3-5,7-9,14,16-17H,6,10-13H2,1-2H3. The Kier molecular flexibility index (Phi) is 4.05. The summed E-state index contributed by atoms with van der Waals surface area (Å²) < 4.78 is 5.83. The summed E-state index contributed by atoms with van der Waals surface area (Å²) in [6.07, 6.45) is 8.38.